The molecule has 0 radical (unpaired) electrons. The molecule has 0 saturated heterocycles. The first-order valence-electron chi connectivity index (χ1n) is 5.17. The molecule has 1 aromatic carbocycles. The largest absolute Gasteiger partial charge is 0.385 e. The zero-order valence-electron chi connectivity index (χ0n) is 9.31. The molecular weight excluding hydrogens is 204 g/mol. The quantitative estimate of drug-likeness (QED) is 0.772. The Hall–Kier alpha value is -1.45. The zero-order valence-corrected chi connectivity index (χ0v) is 9.31. The Balaban J connectivity index is 2.44. The van der Waals surface area contributed by atoms with Gasteiger partial charge in [0.15, 0.2) is 5.78 Å². The molecule has 0 bridgehead atoms. The maximum Gasteiger partial charge on any atom is 0.159 e. The molecule has 0 aliphatic heterocycles. The maximum atomic E-state index is 11.2. The van der Waals surface area contributed by atoms with Gasteiger partial charge in [-0.05, 0) is 24.1 Å². The second-order valence-electron chi connectivity index (χ2n) is 3.90. The molecule has 3 heteroatoms. The van der Waals surface area contributed by atoms with E-state index >= 15 is 0 Å². The molecule has 0 fully saturated rings. The summed E-state index contributed by atoms with van der Waals surface area (Å²) in [5.74, 6) is 0.0274. The molecule has 1 aliphatic rings. The van der Waals surface area contributed by atoms with Gasteiger partial charge in [-0.1, -0.05) is 24.3 Å². The average molecular weight is 218 g/mol. The first kappa shape index (κ1) is 11.0. The zero-order chi connectivity index (χ0) is 11.7. The Morgan fingerprint density at radius 2 is 2.19 bits per heavy atom. The van der Waals surface area contributed by atoms with Gasteiger partial charge in [0.1, 0.15) is 12.2 Å². The molecule has 2 rings (SSSR count). The molecule has 3 nitrogen and oxygen atoms in total. The van der Waals surface area contributed by atoms with Crippen LogP contribution in [0.1, 0.15) is 34.5 Å². The third-order valence-electron chi connectivity index (χ3n) is 2.86. The SMILES string of the molecule is CO[C@H]1C=Cc2cc(C(C)=O)ccc2[C@@H]1O. The molecular formula is C13H14O3. The van der Waals surface area contributed by atoms with E-state index in [1.165, 1.54) is 6.92 Å². The van der Waals surface area contributed by atoms with Crippen LogP contribution < -0.4 is 0 Å². The van der Waals surface area contributed by atoms with Crippen LogP contribution in [0.2, 0.25) is 0 Å². The van der Waals surface area contributed by atoms with E-state index < -0.39 is 6.10 Å². The van der Waals surface area contributed by atoms with Crippen molar-refractivity contribution in [3.8, 4) is 0 Å². The Kier molecular flexibility index (Phi) is 2.90. The molecule has 0 aromatic heterocycles. The summed E-state index contributed by atoms with van der Waals surface area (Å²) in [7, 11) is 1.56. The summed E-state index contributed by atoms with van der Waals surface area (Å²) in [5, 5.41) is 9.99. The second kappa shape index (κ2) is 4.20. The highest BCUT2D eigenvalue weighted by Crippen LogP contribution is 2.30. The predicted molar refractivity (Wildman–Crippen MR) is 61.2 cm³/mol. The number of ether oxygens (including phenoxy) is 1. The molecule has 16 heavy (non-hydrogen) atoms. The Morgan fingerprint density at radius 3 is 2.81 bits per heavy atom. The predicted octanol–water partition coefficient (Wildman–Crippen LogP) is 1.96. The van der Waals surface area contributed by atoms with Gasteiger partial charge < -0.3 is 9.84 Å². The lowest BCUT2D eigenvalue weighted by Crippen LogP contribution is -2.22. The van der Waals surface area contributed by atoms with Gasteiger partial charge in [0.25, 0.3) is 0 Å². The van der Waals surface area contributed by atoms with Crippen molar-refractivity contribution >= 4 is 11.9 Å². The normalized spacial score (nSPS) is 22.9. The Bertz CT molecular complexity index is 448. The maximum absolute atomic E-state index is 11.2. The molecule has 84 valence electrons. The van der Waals surface area contributed by atoms with Crippen molar-refractivity contribution in [2.24, 2.45) is 0 Å². The van der Waals surface area contributed by atoms with Gasteiger partial charge >= 0.3 is 0 Å². The lowest BCUT2D eigenvalue weighted by Gasteiger charge is -2.24. The van der Waals surface area contributed by atoms with Gasteiger partial charge in [0, 0.05) is 12.7 Å². The van der Waals surface area contributed by atoms with Crippen LogP contribution in [0, 0.1) is 0 Å². The Morgan fingerprint density at radius 1 is 1.44 bits per heavy atom. The van der Waals surface area contributed by atoms with E-state index in [4.69, 9.17) is 4.74 Å². The highest BCUT2D eigenvalue weighted by Gasteiger charge is 2.24. The lowest BCUT2D eigenvalue weighted by atomic mass is 9.91. The van der Waals surface area contributed by atoms with Crippen LogP contribution in [0.25, 0.3) is 6.08 Å². The van der Waals surface area contributed by atoms with Crippen molar-refractivity contribution in [3.63, 3.8) is 0 Å². The summed E-state index contributed by atoms with van der Waals surface area (Å²) in [6.45, 7) is 1.53. The lowest BCUT2D eigenvalue weighted by molar-refractivity contribution is 0.0150. The van der Waals surface area contributed by atoms with Crippen LogP contribution in [0.3, 0.4) is 0 Å². The number of rotatable bonds is 2. The van der Waals surface area contributed by atoms with Crippen molar-refractivity contribution < 1.29 is 14.6 Å². The summed E-state index contributed by atoms with van der Waals surface area (Å²) < 4.78 is 5.13. The summed E-state index contributed by atoms with van der Waals surface area (Å²) in [6, 6.07) is 5.31. The number of hydrogen-bond acceptors (Lipinski definition) is 3. The van der Waals surface area contributed by atoms with Crippen molar-refractivity contribution in [3.05, 3.63) is 41.0 Å². The molecule has 0 spiro atoms. The number of benzene rings is 1. The highest BCUT2D eigenvalue weighted by atomic mass is 16.5. The number of aliphatic hydroxyl groups is 1. The monoisotopic (exact) mass is 218 g/mol. The topological polar surface area (TPSA) is 46.5 Å². The van der Waals surface area contributed by atoms with Gasteiger partial charge in [-0.3, -0.25) is 4.79 Å². The molecule has 2 atom stereocenters. The van der Waals surface area contributed by atoms with Crippen LogP contribution in [0.4, 0.5) is 0 Å². The molecule has 0 heterocycles. The van der Waals surface area contributed by atoms with Crippen LogP contribution in [0.5, 0.6) is 0 Å². The third-order valence-corrected chi connectivity index (χ3v) is 2.86. The summed E-state index contributed by atoms with van der Waals surface area (Å²) in [6.07, 6.45) is 2.71. The van der Waals surface area contributed by atoms with Crippen LogP contribution >= 0.6 is 0 Å². The van der Waals surface area contributed by atoms with Gasteiger partial charge in [-0.25, -0.2) is 0 Å². The number of carbonyl (C=O) groups excluding carboxylic acids is 1. The third kappa shape index (κ3) is 1.79. The minimum absolute atomic E-state index is 0.0274. The number of aliphatic hydroxyl groups excluding tert-OH is 1. The van der Waals surface area contributed by atoms with Crippen molar-refractivity contribution in [2.45, 2.75) is 19.1 Å². The van der Waals surface area contributed by atoms with E-state index in [0.717, 1.165) is 11.1 Å². The average Bonchev–Trinajstić information content (AvgIpc) is 2.29. The van der Waals surface area contributed by atoms with Crippen molar-refractivity contribution in [1.29, 1.82) is 0 Å². The minimum atomic E-state index is -0.661. The summed E-state index contributed by atoms with van der Waals surface area (Å²) in [5.41, 5.74) is 2.35. The van der Waals surface area contributed by atoms with E-state index in [1.807, 2.05) is 6.08 Å². The van der Waals surface area contributed by atoms with Crippen molar-refractivity contribution in [2.75, 3.05) is 7.11 Å². The summed E-state index contributed by atoms with van der Waals surface area (Å²) in [4.78, 5) is 11.2. The Labute approximate surface area is 94.4 Å². The number of ketones is 1. The molecule has 0 saturated carbocycles. The fourth-order valence-corrected chi connectivity index (χ4v) is 1.90. The molecule has 0 unspecified atom stereocenters. The first-order valence-corrected chi connectivity index (χ1v) is 5.17. The number of fused-ring (bicyclic) bond motifs is 1. The van der Waals surface area contributed by atoms with Gasteiger partial charge in [0.2, 0.25) is 0 Å². The number of hydrogen-bond donors (Lipinski definition) is 1. The van der Waals surface area contributed by atoms with E-state index in [9.17, 15) is 9.90 Å². The standard InChI is InChI=1S/C13H14O3/c1-8(14)9-3-5-11-10(7-9)4-6-12(16-2)13(11)15/h3-7,12-13,15H,1-2H3/t12-,13-/m0/s1. The van der Waals surface area contributed by atoms with E-state index in [2.05, 4.69) is 0 Å². The second-order valence-corrected chi connectivity index (χ2v) is 3.90. The number of Topliss-reactive ketones (excluding diaryl/α,β-unsaturated/α-hetero) is 1. The fourth-order valence-electron chi connectivity index (χ4n) is 1.90. The first-order chi connectivity index (χ1) is 7.63. The molecule has 1 N–H and O–H groups in total. The molecule has 1 aliphatic carbocycles. The van der Waals surface area contributed by atoms with E-state index in [0.29, 0.717) is 5.56 Å². The van der Waals surface area contributed by atoms with Gasteiger partial charge in [0.05, 0.1) is 0 Å². The van der Waals surface area contributed by atoms with Crippen LogP contribution in [-0.4, -0.2) is 24.1 Å². The van der Waals surface area contributed by atoms with Gasteiger partial charge in [-0.2, -0.15) is 0 Å². The van der Waals surface area contributed by atoms with Crippen LogP contribution in [-0.2, 0) is 4.74 Å². The van der Waals surface area contributed by atoms with Crippen LogP contribution in [0.15, 0.2) is 24.3 Å². The van der Waals surface area contributed by atoms with Gasteiger partial charge in [-0.15, -0.1) is 0 Å². The van der Waals surface area contributed by atoms with E-state index in [1.54, 1.807) is 31.4 Å². The number of methoxy groups -OCH3 is 1. The minimum Gasteiger partial charge on any atom is -0.385 e. The molecule has 1 aromatic rings. The number of carbonyl (C=O) groups is 1. The van der Waals surface area contributed by atoms with Crippen molar-refractivity contribution in [1.82, 2.24) is 0 Å². The smallest absolute Gasteiger partial charge is 0.159 e. The fraction of sp³-hybridized carbons (Fsp3) is 0.308. The van der Waals surface area contributed by atoms with E-state index in [-0.39, 0.29) is 11.9 Å². The molecule has 0 amide bonds. The summed E-state index contributed by atoms with van der Waals surface area (Å²) >= 11 is 0. The highest BCUT2D eigenvalue weighted by molar-refractivity contribution is 5.94.